The quantitative estimate of drug-likeness (QED) is 0.713. The Kier molecular flexibility index (Phi) is 6.10. The molecule has 0 aromatic heterocycles. The minimum atomic E-state index is -0.844. The first-order valence-electron chi connectivity index (χ1n) is 11.9. The van der Waals surface area contributed by atoms with E-state index in [2.05, 4.69) is 10.2 Å². The minimum absolute atomic E-state index is 0.0273. The molecular weight excluding hydrogens is 432 g/mol. The lowest BCUT2D eigenvalue weighted by Gasteiger charge is -2.48. The van der Waals surface area contributed by atoms with Gasteiger partial charge in [0.1, 0.15) is 12.2 Å². The molecular formula is C26H30N4O4. The number of ether oxygens (including phenoxy) is 1. The third-order valence-electron chi connectivity index (χ3n) is 7.11. The lowest BCUT2D eigenvalue weighted by molar-refractivity contribution is -0.120. The van der Waals surface area contributed by atoms with E-state index in [1.165, 1.54) is 10.5 Å². The second-order valence-electron chi connectivity index (χ2n) is 9.30. The van der Waals surface area contributed by atoms with Crippen LogP contribution in [0.5, 0.6) is 0 Å². The summed E-state index contributed by atoms with van der Waals surface area (Å²) in [6.07, 6.45) is 1.79. The molecule has 0 bridgehead atoms. The summed E-state index contributed by atoms with van der Waals surface area (Å²) >= 11 is 0. The van der Waals surface area contributed by atoms with Crippen molar-refractivity contribution in [3.8, 4) is 0 Å². The molecule has 2 aromatic carbocycles. The van der Waals surface area contributed by atoms with Crippen molar-refractivity contribution in [2.45, 2.75) is 31.8 Å². The number of fused-ring (bicyclic) bond motifs is 3. The van der Waals surface area contributed by atoms with Crippen molar-refractivity contribution in [3.63, 3.8) is 0 Å². The van der Waals surface area contributed by atoms with Crippen LogP contribution in [0, 0.1) is 0 Å². The van der Waals surface area contributed by atoms with Crippen LogP contribution in [0.2, 0.25) is 0 Å². The maximum atomic E-state index is 13.3. The van der Waals surface area contributed by atoms with E-state index in [4.69, 9.17) is 4.74 Å². The van der Waals surface area contributed by atoms with Gasteiger partial charge in [0, 0.05) is 31.7 Å². The van der Waals surface area contributed by atoms with Crippen molar-refractivity contribution in [1.82, 2.24) is 9.80 Å². The average molecular weight is 463 g/mol. The third kappa shape index (κ3) is 4.19. The normalized spacial score (nSPS) is 22.5. The van der Waals surface area contributed by atoms with E-state index in [1.54, 1.807) is 23.1 Å². The Balaban J connectivity index is 1.24. The molecule has 3 heterocycles. The maximum Gasteiger partial charge on any atom is 0.258 e. The molecule has 8 nitrogen and oxygen atoms in total. The molecule has 2 saturated heterocycles. The van der Waals surface area contributed by atoms with Crippen LogP contribution in [0.3, 0.4) is 0 Å². The van der Waals surface area contributed by atoms with Crippen molar-refractivity contribution in [2.24, 2.45) is 0 Å². The number of rotatable bonds is 6. The van der Waals surface area contributed by atoms with E-state index < -0.39 is 5.66 Å². The van der Waals surface area contributed by atoms with Crippen LogP contribution in [-0.2, 0) is 20.7 Å². The number of anilines is 2. The molecule has 5 rings (SSSR count). The standard InChI is InChI=1S/C26H30N4O4/c1-26-12-10-24(32)30(26)22-5-3-2-4-21(22)25(33)29(26)18-23(31)27-20-8-6-19(7-9-20)11-13-28-14-16-34-17-15-28/h2-9H,10-18H2,1H3,(H,27,31). The van der Waals surface area contributed by atoms with Crippen LogP contribution in [0.25, 0.3) is 0 Å². The average Bonchev–Trinajstić information content (AvgIpc) is 3.17. The number of amides is 3. The largest absolute Gasteiger partial charge is 0.379 e. The summed E-state index contributed by atoms with van der Waals surface area (Å²) in [7, 11) is 0. The molecule has 0 radical (unpaired) electrons. The van der Waals surface area contributed by atoms with Gasteiger partial charge in [-0.1, -0.05) is 24.3 Å². The van der Waals surface area contributed by atoms with Crippen molar-refractivity contribution < 1.29 is 19.1 Å². The van der Waals surface area contributed by atoms with Crippen molar-refractivity contribution in [1.29, 1.82) is 0 Å². The summed E-state index contributed by atoms with van der Waals surface area (Å²) in [6, 6.07) is 15.0. The molecule has 2 aromatic rings. The first-order chi connectivity index (χ1) is 16.5. The number of hydrogen-bond acceptors (Lipinski definition) is 5. The predicted octanol–water partition coefficient (Wildman–Crippen LogP) is 2.50. The molecule has 0 saturated carbocycles. The Morgan fingerprint density at radius 2 is 1.79 bits per heavy atom. The minimum Gasteiger partial charge on any atom is -0.379 e. The lowest BCUT2D eigenvalue weighted by atomic mass is 9.98. The van der Waals surface area contributed by atoms with Gasteiger partial charge in [0.25, 0.3) is 5.91 Å². The highest BCUT2D eigenvalue weighted by Gasteiger charge is 2.53. The smallest absolute Gasteiger partial charge is 0.258 e. The van der Waals surface area contributed by atoms with Crippen molar-refractivity contribution >= 4 is 29.1 Å². The van der Waals surface area contributed by atoms with Crippen LogP contribution in [-0.4, -0.2) is 72.6 Å². The Labute approximate surface area is 199 Å². The van der Waals surface area contributed by atoms with Gasteiger partial charge in [0.2, 0.25) is 11.8 Å². The van der Waals surface area contributed by atoms with Crippen LogP contribution in [0.1, 0.15) is 35.7 Å². The van der Waals surface area contributed by atoms with E-state index in [-0.39, 0.29) is 24.3 Å². The number of carbonyl (C=O) groups is 3. The van der Waals surface area contributed by atoms with Gasteiger partial charge in [-0.25, -0.2) is 0 Å². The number of benzene rings is 2. The fourth-order valence-electron chi connectivity index (χ4n) is 5.15. The Morgan fingerprint density at radius 1 is 1.06 bits per heavy atom. The van der Waals surface area contributed by atoms with Gasteiger partial charge in [-0.2, -0.15) is 0 Å². The maximum absolute atomic E-state index is 13.3. The highest BCUT2D eigenvalue weighted by Crippen LogP contribution is 2.43. The molecule has 1 N–H and O–H groups in total. The number of nitrogens with zero attached hydrogens (tertiary/aromatic N) is 3. The van der Waals surface area contributed by atoms with Gasteiger partial charge in [0.05, 0.1) is 24.5 Å². The van der Waals surface area contributed by atoms with E-state index in [0.717, 1.165) is 39.3 Å². The zero-order valence-corrected chi connectivity index (χ0v) is 19.5. The zero-order chi connectivity index (χ0) is 23.7. The summed E-state index contributed by atoms with van der Waals surface area (Å²) in [5, 5.41) is 2.91. The molecule has 3 aliphatic rings. The Morgan fingerprint density at radius 3 is 2.56 bits per heavy atom. The van der Waals surface area contributed by atoms with Gasteiger partial charge in [-0.05, 0) is 49.6 Å². The van der Waals surface area contributed by atoms with Crippen LogP contribution >= 0.6 is 0 Å². The topological polar surface area (TPSA) is 82.2 Å². The van der Waals surface area contributed by atoms with Gasteiger partial charge in [-0.15, -0.1) is 0 Å². The summed E-state index contributed by atoms with van der Waals surface area (Å²) in [4.78, 5) is 44.5. The highest BCUT2D eigenvalue weighted by molar-refractivity contribution is 6.11. The Bertz CT molecular complexity index is 1100. The van der Waals surface area contributed by atoms with Crippen LogP contribution < -0.4 is 10.2 Å². The van der Waals surface area contributed by atoms with Crippen LogP contribution in [0.15, 0.2) is 48.5 Å². The van der Waals surface area contributed by atoms with E-state index in [9.17, 15) is 14.4 Å². The van der Waals surface area contributed by atoms with E-state index in [0.29, 0.717) is 29.8 Å². The monoisotopic (exact) mass is 462 g/mol. The highest BCUT2D eigenvalue weighted by atomic mass is 16.5. The number of hydrogen-bond donors (Lipinski definition) is 1. The van der Waals surface area contributed by atoms with E-state index in [1.807, 2.05) is 37.3 Å². The van der Waals surface area contributed by atoms with Crippen molar-refractivity contribution in [3.05, 3.63) is 59.7 Å². The molecule has 0 spiro atoms. The van der Waals surface area contributed by atoms with E-state index >= 15 is 0 Å². The number of morpholine rings is 1. The van der Waals surface area contributed by atoms with Crippen molar-refractivity contribution in [2.75, 3.05) is 49.6 Å². The molecule has 3 amide bonds. The number of para-hydroxylation sites is 1. The fraction of sp³-hybridized carbons (Fsp3) is 0.423. The lowest BCUT2D eigenvalue weighted by Crippen LogP contribution is -2.63. The Hall–Kier alpha value is -3.23. The van der Waals surface area contributed by atoms with Crippen LogP contribution in [0.4, 0.5) is 11.4 Å². The molecule has 1 unspecified atom stereocenters. The molecule has 178 valence electrons. The summed E-state index contributed by atoms with van der Waals surface area (Å²) in [5.41, 5.74) is 2.13. The molecule has 34 heavy (non-hydrogen) atoms. The van der Waals surface area contributed by atoms with Gasteiger partial charge < -0.3 is 15.0 Å². The zero-order valence-electron chi connectivity index (χ0n) is 19.5. The summed E-state index contributed by atoms with van der Waals surface area (Å²) < 4.78 is 5.39. The molecule has 0 aliphatic carbocycles. The first-order valence-corrected chi connectivity index (χ1v) is 11.9. The van der Waals surface area contributed by atoms with Gasteiger partial charge in [0.15, 0.2) is 0 Å². The SMILES string of the molecule is CC12CCC(=O)N1c1ccccc1C(=O)N2CC(=O)Nc1ccc(CCN2CCOCC2)cc1. The fourth-order valence-corrected chi connectivity index (χ4v) is 5.15. The predicted molar refractivity (Wildman–Crippen MR) is 129 cm³/mol. The second-order valence-corrected chi connectivity index (χ2v) is 9.30. The summed E-state index contributed by atoms with van der Waals surface area (Å²) in [5.74, 6) is -0.535. The molecule has 8 heteroatoms. The number of nitrogens with one attached hydrogen (secondary N) is 1. The molecule has 2 fully saturated rings. The van der Waals surface area contributed by atoms with Gasteiger partial charge >= 0.3 is 0 Å². The molecule has 1 atom stereocenters. The second kappa shape index (κ2) is 9.19. The summed E-state index contributed by atoms with van der Waals surface area (Å²) in [6.45, 7) is 6.25. The number of carbonyl (C=O) groups excluding carboxylic acids is 3. The first kappa shape index (κ1) is 22.6. The molecule has 3 aliphatic heterocycles. The van der Waals surface area contributed by atoms with Gasteiger partial charge in [-0.3, -0.25) is 24.2 Å². The third-order valence-corrected chi connectivity index (χ3v) is 7.11.